The van der Waals surface area contributed by atoms with Crippen LogP contribution in [0.5, 0.6) is 0 Å². The van der Waals surface area contributed by atoms with Gasteiger partial charge in [-0.2, -0.15) is 0 Å². The van der Waals surface area contributed by atoms with Crippen molar-refractivity contribution in [3.63, 3.8) is 0 Å². The lowest BCUT2D eigenvalue weighted by Crippen LogP contribution is -2.63. The summed E-state index contributed by atoms with van der Waals surface area (Å²) >= 11 is 1.26. The van der Waals surface area contributed by atoms with Gasteiger partial charge in [-0.3, -0.25) is 24.6 Å². The van der Waals surface area contributed by atoms with E-state index in [9.17, 15) is 39.5 Å². The molecule has 15 nitrogen and oxygen atoms in total. The van der Waals surface area contributed by atoms with Crippen LogP contribution in [-0.2, 0) is 25.7 Å². The van der Waals surface area contributed by atoms with Crippen LogP contribution in [0.1, 0.15) is 44.7 Å². The van der Waals surface area contributed by atoms with Gasteiger partial charge in [0, 0.05) is 66.3 Å². The normalized spacial score (nSPS) is 26.7. The molecule has 0 unspecified atom stereocenters. The zero-order valence-corrected chi connectivity index (χ0v) is 26.7. The molecule has 4 aliphatic heterocycles. The number of aromatic nitrogens is 2. The molecule has 0 bridgehead atoms. The van der Waals surface area contributed by atoms with E-state index in [2.05, 4.69) is 4.98 Å². The zero-order valence-electron chi connectivity index (χ0n) is 25.9. The summed E-state index contributed by atoms with van der Waals surface area (Å²) in [7, 11) is 0. The van der Waals surface area contributed by atoms with Gasteiger partial charge in [-0.05, 0) is 43.9 Å². The Bertz CT molecular complexity index is 1590. The Labute approximate surface area is 274 Å². The van der Waals surface area contributed by atoms with Crippen molar-refractivity contribution in [2.45, 2.75) is 69.2 Å². The number of aliphatic carboxylic acids is 1. The number of nitro benzene ring substituents is 1. The fraction of sp³-hybridized carbons (Fsp3) is 0.516. The van der Waals surface area contributed by atoms with Crippen LogP contribution in [0.4, 0.5) is 10.5 Å². The number of nitrogens with zero attached hydrogens (tertiary/aromatic N) is 6. The van der Waals surface area contributed by atoms with Crippen LogP contribution in [0, 0.1) is 22.0 Å². The highest BCUT2D eigenvalue weighted by atomic mass is 32.2. The fourth-order valence-electron chi connectivity index (χ4n) is 7.20. The van der Waals surface area contributed by atoms with E-state index in [0.29, 0.717) is 23.6 Å². The summed E-state index contributed by atoms with van der Waals surface area (Å²) in [5.74, 6) is -2.95. The number of imidazole rings is 1. The average molecular weight is 669 g/mol. The number of benzene rings is 1. The minimum atomic E-state index is -1.25. The first-order valence-electron chi connectivity index (χ1n) is 15.5. The Morgan fingerprint density at radius 2 is 1.89 bits per heavy atom. The van der Waals surface area contributed by atoms with Crippen molar-refractivity contribution in [3.8, 4) is 0 Å². The molecule has 6 rings (SSSR count). The molecular formula is C31H36N6O9S. The lowest BCUT2D eigenvalue weighted by atomic mass is 9.79. The number of amides is 3. The van der Waals surface area contributed by atoms with E-state index < -0.39 is 47.0 Å². The third kappa shape index (κ3) is 6.06. The van der Waals surface area contributed by atoms with Crippen LogP contribution >= 0.6 is 11.8 Å². The lowest BCUT2D eigenvalue weighted by Gasteiger charge is -2.46. The molecule has 0 aliphatic carbocycles. The third-order valence-electron chi connectivity index (χ3n) is 9.62. The SMILES string of the molecule is C[C@@H](O)[C@H]1C(=O)N2C(C(=O)O)=C(S[C@H]3C[C@@H](C(=O)N4CCC(n5ccnc5)CC4)N(C(=O)OCc4ccc([N+](=O)[O-])cc4)C3)[C@H](C)[C@H]12. The van der Waals surface area contributed by atoms with Crippen LogP contribution in [0.2, 0.25) is 0 Å². The second kappa shape index (κ2) is 13.0. The quantitative estimate of drug-likeness (QED) is 0.227. The van der Waals surface area contributed by atoms with Gasteiger partial charge < -0.3 is 29.3 Å². The number of rotatable bonds is 9. The van der Waals surface area contributed by atoms with Crippen molar-refractivity contribution in [3.05, 3.63) is 69.3 Å². The number of carbonyl (C=O) groups is 4. The van der Waals surface area contributed by atoms with Crippen LogP contribution in [0.25, 0.3) is 0 Å². The first-order valence-corrected chi connectivity index (χ1v) is 16.4. The molecule has 0 radical (unpaired) electrons. The van der Waals surface area contributed by atoms with Gasteiger partial charge in [-0.1, -0.05) is 6.92 Å². The first-order chi connectivity index (χ1) is 22.5. The smallest absolute Gasteiger partial charge is 0.410 e. The highest BCUT2D eigenvalue weighted by Gasteiger charge is 2.60. The molecule has 1 aromatic heterocycles. The summed E-state index contributed by atoms with van der Waals surface area (Å²) in [6.07, 6.45) is 5.41. The predicted molar refractivity (Wildman–Crippen MR) is 166 cm³/mol. The second-order valence-corrected chi connectivity index (χ2v) is 13.8. The molecule has 2 aromatic rings. The number of ether oxygens (including phenoxy) is 1. The van der Waals surface area contributed by atoms with E-state index in [4.69, 9.17) is 4.74 Å². The first kappa shape index (κ1) is 32.5. The van der Waals surface area contributed by atoms with E-state index in [-0.39, 0.29) is 54.1 Å². The van der Waals surface area contributed by atoms with Crippen LogP contribution in [-0.4, -0.2) is 106 Å². The molecule has 47 heavy (non-hydrogen) atoms. The van der Waals surface area contributed by atoms with E-state index in [0.717, 1.165) is 12.8 Å². The zero-order chi connectivity index (χ0) is 33.6. The highest BCUT2D eigenvalue weighted by molar-refractivity contribution is 8.03. The van der Waals surface area contributed by atoms with Gasteiger partial charge in [0.25, 0.3) is 5.69 Å². The molecule has 0 saturated carbocycles. The van der Waals surface area contributed by atoms with Gasteiger partial charge in [-0.25, -0.2) is 14.6 Å². The molecule has 5 heterocycles. The van der Waals surface area contributed by atoms with Crippen LogP contribution < -0.4 is 0 Å². The molecule has 250 valence electrons. The number of carbonyl (C=O) groups excluding carboxylic acids is 3. The van der Waals surface area contributed by atoms with Crippen LogP contribution in [0.3, 0.4) is 0 Å². The summed E-state index contributed by atoms with van der Waals surface area (Å²) in [5.41, 5.74) is 0.332. The Morgan fingerprint density at radius 3 is 2.49 bits per heavy atom. The van der Waals surface area contributed by atoms with Crippen molar-refractivity contribution in [2.75, 3.05) is 19.6 Å². The molecule has 0 spiro atoms. The van der Waals surface area contributed by atoms with E-state index in [1.165, 1.54) is 52.8 Å². The van der Waals surface area contributed by atoms with E-state index in [1.807, 2.05) is 17.7 Å². The third-order valence-corrected chi connectivity index (χ3v) is 11.1. The van der Waals surface area contributed by atoms with E-state index in [1.54, 1.807) is 17.4 Å². The molecular weight excluding hydrogens is 632 g/mol. The fourth-order valence-corrected chi connectivity index (χ4v) is 8.72. The lowest BCUT2D eigenvalue weighted by molar-refractivity contribution is -0.384. The Morgan fingerprint density at radius 1 is 1.19 bits per heavy atom. The van der Waals surface area contributed by atoms with Gasteiger partial charge in [0.15, 0.2) is 0 Å². The standard InChI is InChI=1S/C31H36N6O9S/c1-17-25-24(18(2)38)29(40)36(25)26(30(41)42)27(17)47-22-13-23(28(39)33-10-7-20(8-11-33)34-12-9-32-16-34)35(14-22)31(43)46-15-19-3-5-21(6-4-19)37(44)45/h3-6,9,12,16-18,20,22-25,38H,7-8,10-11,13-15H2,1-2H3,(H,41,42)/t17-,18-,22+,23+,24-,25-/m1/s1. The maximum absolute atomic E-state index is 14.0. The number of β-lactam (4-membered cyclic amide) rings is 1. The molecule has 3 amide bonds. The van der Waals surface area contributed by atoms with Crippen molar-refractivity contribution in [2.24, 2.45) is 11.8 Å². The van der Waals surface area contributed by atoms with Gasteiger partial charge in [0.2, 0.25) is 11.8 Å². The number of aliphatic hydroxyl groups excluding tert-OH is 1. The number of carboxylic acids is 1. The number of carboxylic acid groups (broad SMARTS) is 1. The van der Waals surface area contributed by atoms with Gasteiger partial charge >= 0.3 is 12.1 Å². The number of piperidine rings is 1. The van der Waals surface area contributed by atoms with E-state index >= 15 is 0 Å². The topological polar surface area (TPSA) is 189 Å². The molecule has 3 fully saturated rings. The van der Waals surface area contributed by atoms with Gasteiger partial charge in [0.05, 0.1) is 29.3 Å². The second-order valence-electron chi connectivity index (χ2n) is 12.5. The number of non-ortho nitro benzene ring substituents is 1. The largest absolute Gasteiger partial charge is 0.477 e. The summed E-state index contributed by atoms with van der Waals surface area (Å²) in [6, 6.07) is 4.50. The number of likely N-dealkylation sites (tertiary alicyclic amines) is 2. The van der Waals surface area contributed by atoms with Crippen LogP contribution in [0.15, 0.2) is 53.6 Å². The molecule has 3 saturated heterocycles. The number of hydrogen-bond acceptors (Lipinski definition) is 10. The molecule has 4 aliphatic rings. The number of nitro groups is 1. The summed E-state index contributed by atoms with van der Waals surface area (Å²) in [4.78, 5) is 72.1. The minimum absolute atomic E-state index is 0.0932. The van der Waals surface area contributed by atoms with Gasteiger partial charge in [0.1, 0.15) is 18.3 Å². The molecule has 6 atom stereocenters. The maximum Gasteiger partial charge on any atom is 0.410 e. The molecule has 16 heteroatoms. The van der Waals surface area contributed by atoms with Crippen molar-refractivity contribution >= 4 is 41.3 Å². The predicted octanol–water partition coefficient (Wildman–Crippen LogP) is 2.62. The number of fused-ring (bicyclic) bond motifs is 1. The number of thioether (sulfide) groups is 1. The van der Waals surface area contributed by atoms with Crippen molar-refractivity contribution in [1.82, 2.24) is 24.3 Å². The Hall–Kier alpha value is -4.44. The molecule has 2 N–H and O–H groups in total. The average Bonchev–Trinajstić information content (AvgIpc) is 3.78. The Balaban J connectivity index is 1.19. The number of hydrogen-bond donors (Lipinski definition) is 2. The highest BCUT2D eigenvalue weighted by Crippen LogP contribution is 2.52. The van der Waals surface area contributed by atoms with Crippen molar-refractivity contribution in [1.29, 1.82) is 0 Å². The summed E-state index contributed by atoms with van der Waals surface area (Å²) in [5, 5.41) is 30.9. The Kier molecular flexibility index (Phi) is 8.98. The summed E-state index contributed by atoms with van der Waals surface area (Å²) in [6.45, 7) is 4.28. The maximum atomic E-state index is 14.0. The monoisotopic (exact) mass is 668 g/mol. The number of aliphatic hydroxyl groups is 1. The van der Waals surface area contributed by atoms with Crippen molar-refractivity contribution < 1.29 is 39.1 Å². The van der Waals surface area contributed by atoms with Gasteiger partial charge in [-0.15, -0.1) is 11.8 Å². The summed E-state index contributed by atoms with van der Waals surface area (Å²) < 4.78 is 7.61. The molecule has 1 aromatic carbocycles. The minimum Gasteiger partial charge on any atom is -0.477 e.